The maximum atomic E-state index is 11.9. The van der Waals surface area contributed by atoms with Crippen molar-refractivity contribution in [2.24, 2.45) is 0 Å². The standard InChI is InChI=1S/C21H21N3O2/c1-16(25)17-6-7-21(23-10-12-26-13-11-23)20(15-17)18-4-2-5-19(14-18)24-9-3-8-22-24/h2-9,14-15H,10-13H2,1H3. The first-order chi connectivity index (χ1) is 12.7. The maximum absolute atomic E-state index is 11.9. The summed E-state index contributed by atoms with van der Waals surface area (Å²) >= 11 is 0. The van der Waals surface area contributed by atoms with Gasteiger partial charge in [0.15, 0.2) is 5.78 Å². The first-order valence-corrected chi connectivity index (χ1v) is 8.80. The van der Waals surface area contributed by atoms with E-state index >= 15 is 0 Å². The van der Waals surface area contributed by atoms with Gasteiger partial charge in [-0.25, -0.2) is 4.68 Å². The summed E-state index contributed by atoms with van der Waals surface area (Å²) in [5.74, 6) is 0.0722. The zero-order valence-corrected chi connectivity index (χ0v) is 14.8. The van der Waals surface area contributed by atoms with Crippen molar-refractivity contribution in [1.29, 1.82) is 0 Å². The van der Waals surface area contributed by atoms with Gasteiger partial charge in [-0.05, 0) is 48.9 Å². The van der Waals surface area contributed by atoms with E-state index in [4.69, 9.17) is 4.74 Å². The highest BCUT2D eigenvalue weighted by molar-refractivity contribution is 5.97. The van der Waals surface area contributed by atoms with Crippen molar-refractivity contribution in [2.75, 3.05) is 31.2 Å². The van der Waals surface area contributed by atoms with E-state index in [0.717, 1.165) is 54.4 Å². The third-order valence-electron chi connectivity index (χ3n) is 4.68. The number of morpholine rings is 1. The van der Waals surface area contributed by atoms with E-state index in [1.807, 2.05) is 41.2 Å². The second-order valence-electron chi connectivity index (χ2n) is 6.39. The Morgan fingerprint density at radius 3 is 2.65 bits per heavy atom. The summed E-state index contributed by atoms with van der Waals surface area (Å²) in [4.78, 5) is 14.2. The third-order valence-corrected chi connectivity index (χ3v) is 4.68. The summed E-state index contributed by atoms with van der Waals surface area (Å²) in [5, 5.41) is 4.31. The molecule has 0 saturated carbocycles. The molecule has 2 aromatic carbocycles. The first-order valence-electron chi connectivity index (χ1n) is 8.80. The molecular weight excluding hydrogens is 326 g/mol. The Labute approximate surface area is 152 Å². The number of benzene rings is 2. The Hall–Kier alpha value is -2.92. The summed E-state index contributed by atoms with van der Waals surface area (Å²) < 4.78 is 7.33. The van der Waals surface area contributed by atoms with Gasteiger partial charge in [0.1, 0.15) is 0 Å². The third kappa shape index (κ3) is 3.26. The lowest BCUT2D eigenvalue weighted by Gasteiger charge is -2.31. The zero-order chi connectivity index (χ0) is 17.9. The van der Waals surface area contributed by atoms with Crippen LogP contribution in [0.15, 0.2) is 60.9 Å². The molecule has 5 heteroatoms. The molecule has 1 aliphatic heterocycles. The maximum Gasteiger partial charge on any atom is 0.159 e. The molecule has 1 aliphatic rings. The summed E-state index contributed by atoms with van der Waals surface area (Å²) in [6.45, 7) is 4.76. The van der Waals surface area contributed by atoms with E-state index in [0.29, 0.717) is 0 Å². The predicted molar refractivity (Wildman–Crippen MR) is 102 cm³/mol. The van der Waals surface area contributed by atoms with Crippen LogP contribution in [0.3, 0.4) is 0 Å². The van der Waals surface area contributed by atoms with Gasteiger partial charge in [-0.15, -0.1) is 0 Å². The van der Waals surface area contributed by atoms with Crippen LogP contribution in [0.4, 0.5) is 5.69 Å². The summed E-state index contributed by atoms with van der Waals surface area (Å²) in [6.07, 6.45) is 3.69. The van der Waals surface area contributed by atoms with E-state index in [2.05, 4.69) is 28.2 Å². The van der Waals surface area contributed by atoms with Gasteiger partial charge >= 0.3 is 0 Å². The molecule has 0 bridgehead atoms. The van der Waals surface area contributed by atoms with Crippen LogP contribution in [-0.2, 0) is 4.74 Å². The molecule has 4 rings (SSSR count). The second kappa shape index (κ2) is 7.14. The van der Waals surface area contributed by atoms with Gasteiger partial charge in [0.05, 0.1) is 18.9 Å². The Kier molecular flexibility index (Phi) is 4.54. The number of ether oxygens (including phenoxy) is 1. The molecule has 5 nitrogen and oxygen atoms in total. The van der Waals surface area contributed by atoms with Gasteiger partial charge in [-0.2, -0.15) is 5.10 Å². The van der Waals surface area contributed by atoms with Gasteiger partial charge in [0.2, 0.25) is 0 Å². The monoisotopic (exact) mass is 347 g/mol. The van der Waals surface area contributed by atoms with E-state index < -0.39 is 0 Å². The van der Waals surface area contributed by atoms with Gasteiger partial charge in [-0.1, -0.05) is 12.1 Å². The van der Waals surface area contributed by atoms with Crippen LogP contribution in [0, 0.1) is 0 Å². The number of hydrogen-bond donors (Lipinski definition) is 0. The summed E-state index contributed by atoms with van der Waals surface area (Å²) in [7, 11) is 0. The molecule has 2 heterocycles. The topological polar surface area (TPSA) is 47.4 Å². The smallest absolute Gasteiger partial charge is 0.159 e. The van der Waals surface area contributed by atoms with Crippen LogP contribution in [0.5, 0.6) is 0 Å². The SMILES string of the molecule is CC(=O)c1ccc(N2CCOCC2)c(-c2cccc(-n3cccn3)c2)c1. The minimum atomic E-state index is 0.0722. The van der Waals surface area contributed by atoms with Crippen LogP contribution in [0.1, 0.15) is 17.3 Å². The highest BCUT2D eigenvalue weighted by atomic mass is 16.5. The fraction of sp³-hybridized carbons (Fsp3) is 0.238. The lowest BCUT2D eigenvalue weighted by atomic mass is 9.98. The molecule has 0 amide bonds. The molecule has 1 fully saturated rings. The van der Waals surface area contributed by atoms with Gasteiger partial charge in [0.25, 0.3) is 0 Å². The zero-order valence-electron chi connectivity index (χ0n) is 14.8. The van der Waals surface area contributed by atoms with Crippen molar-refractivity contribution in [3.8, 4) is 16.8 Å². The van der Waals surface area contributed by atoms with Gasteiger partial charge in [-0.3, -0.25) is 4.79 Å². The molecule has 0 N–H and O–H groups in total. The fourth-order valence-electron chi connectivity index (χ4n) is 3.30. The van der Waals surface area contributed by atoms with Crippen molar-refractivity contribution in [3.05, 3.63) is 66.5 Å². The van der Waals surface area contributed by atoms with Crippen molar-refractivity contribution in [3.63, 3.8) is 0 Å². The molecule has 0 atom stereocenters. The molecule has 0 unspecified atom stereocenters. The average molecular weight is 347 g/mol. The molecule has 0 radical (unpaired) electrons. The number of carbonyl (C=O) groups is 1. The molecule has 3 aromatic rings. The normalized spacial score (nSPS) is 14.4. The van der Waals surface area contributed by atoms with Crippen molar-refractivity contribution in [1.82, 2.24) is 9.78 Å². The van der Waals surface area contributed by atoms with Crippen LogP contribution in [-0.4, -0.2) is 41.9 Å². The van der Waals surface area contributed by atoms with Gasteiger partial charge in [0, 0.05) is 42.3 Å². The molecule has 0 aliphatic carbocycles. The van der Waals surface area contributed by atoms with Crippen molar-refractivity contribution < 1.29 is 9.53 Å². The lowest BCUT2D eigenvalue weighted by Crippen LogP contribution is -2.36. The van der Waals surface area contributed by atoms with E-state index in [-0.39, 0.29) is 5.78 Å². The Bertz CT molecular complexity index is 913. The Morgan fingerprint density at radius 1 is 1.08 bits per heavy atom. The number of aromatic nitrogens is 2. The minimum absolute atomic E-state index is 0.0722. The molecule has 1 aromatic heterocycles. The molecule has 0 spiro atoms. The van der Waals surface area contributed by atoms with Crippen LogP contribution < -0.4 is 4.90 Å². The number of Topliss-reactive ketones (excluding diaryl/α,β-unsaturated/α-hetero) is 1. The van der Waals surface area contributed by atoms with Crippen molar-refractivity contribution >= 4 is 11.5 Å². The molecule has 132 valence electrons. The number of carbonyl (C=O) groups excluding carboxylic acids is 1. The number of nitrogens with zero attached hydrogens (tertiary/aromatic N) is 3. The summed E-state index contributed by atoms with van der Waals surface area (Å²) in [5.41, 5.74) is 4.99. The van der Waals surface area contributed by atoms with Crippen LogP contribution in [0.2, 0.25) is 0 Å². The van der Waals surface area contributed by atoms with E-state index in [1.54, 1.807) is 13.1 Å². The van der Waals surface area contributed by atoms with Crippen molar-refractivity contribution in [2.45, 2.75) is 6.92 Å². The highest BCUT2D eigenvalue weighted by Gasteiger charge is 2.17. The number of rotatable bonds is 4. The second-order valence-corrected chi connectivity index (χ2v) is 6.39. The Balaban J connectivity index is 1.82. The van der Waals surface area contributed by atoms with E-state index in [9.17, 15) is 4.79 Å². The number of anilines is 1. The minimum Gasteiger partial charge on any atom is -0.378 e. The fourth-order valence-corrected chi connectivity index (χ4v) is 3.30. The number of ketones is 1. The lowest BCUT2D eigenvalue weighted by molar-refractivity contribution is 0.101. The van der Waals surface area contributed by atoms with Crippen LogP contribution in [0.25, 0.3) is 16.8 Å². The largest absolute Gasteiger partial charge is 0.378 e. The number of hydrogen-bond acceptors (Lipinski definition) is 4. The predicted octanol–water partition coefficient (Wildman–Crippen LogP) is 3.58. The first kappa shape index (κ1) is 16.5. The van der Waals surface area contributed by atoms with E-state index in [1.165, 1.54) is 0 Å². The Morgan fingerprint density at radius 2 is 1.92 bits per heavy atom. The van der Waals surface area contributed by atoms with Crippen LogP contribution >= 0.6 is 0 Å². The quantitative estimate of drug-likeness (QED) is 0.677. The molecule has 1 saturated heterocycles. The average Bonchev–Trinajstić information content (AvgIpc) is 3.23. The van der Waals surface area contributed by atoms with Gasteiger partial charge < -0.3 is 9.64 Å². The summed E-state index contributed by atoms with van der Waals surface area (Å²) in [6, 6.07) is 16.1. The highest BCUT2D eigenvalue weighted by Crippen LogP contribution is 2.33. The molecule has 26 heavy (non-hydrogen) atoms. The molecular formula is C21H21N3O2.